The number of carbonyl (C=O) groups is 1. The van der Waals surface area contributed by atoms with Crippen LogP contribution < -0.4 is 10.1 Å². The molecule has 1 amide bonds. The number of hydrogen-bond acceptors (Lipinski definition) is 3. The summed E-state index contributed by atoms with van der Waals surface area (Å²) in [5.74, 6) is -0.327. The minimum atomic E-state index is -2.90. The summed E-state index contributed by atoms with van der Waals surface area (Å²) in [6.45, 7) is -2.81. The Morgan fingerprint density at radius 2 is 2.16 bits per heavy atom. The normalized spacial score (nSPS) is 10.5. The molecule has 0 aliphatic heterocycles. The van der Waals surface area contributed by atoms with Gasteiger partial charge in [-0.3, -0.25) is 9.89 Å². The summed E-state index contributed by atoms with van der Waals surface area (Å²) in [6.07, 6.45) is 1.45. The Balaban J connectivity index is 2.01. The van der Waals surface area contributed by atoms with E-state index in [1.807, 2.05) is 0 Å². The lowest BCUT2D eigenvalue weighted by Crippen LogP contribution is -2.23. The van der Waals surface area contributed by atoms with Crippen molar-refractivity contribution in [3.63, 3.8) is 0 Å². The van der Waals surface area contributed by atoms with Crippen LogP contribution in [0.25, 0.3) is 0 Å². The molecule has 2 rings (SSSR count). The van der Waals surface area contributed by atoms with Crippen LogP contribution in [0.2, 0.25) is 0 Å². The van der Waals surface area contributed by atoms with Gasteiger partial charge in [0.15, 0.2) is 0 Å². The lowest BCUT2D eigenvalue weighted by Gasteiger charge is -2.10. The summed E-state index contributed by atoms with van der Waals surface area (Å²) in [5, 5.41) is 8.73. The largest absolute Gasteiger partial charge is 0.434 e. The molecule has 1 aromatic carbocycles. The zero-order chi connectivity index (χ0) is 13.7. The van der Waals surface area contributed by atoms with Gasteiger partial charge in [-0.25, -0.2) is 0 Å². The predicted octanol–water partition coefficient (Wildman–Crippen LogP) is 1.94. The molecule has 0 bridgehead atoms. The number of ether oxygens (including phenoxy) is 1. The van der Waals surface area contributed by atoms with Gasteiger partial charge in [-0.05, 0) is 12.1 Å². The van der Waals surface area contributed by atoms with E-state index in [4.69, 9.17) is 0 Å². The minimum absolute atomic E-state index is 0.0439. The van der Waals surface area contributed by atoms with Crippen LogP contribution in [0.4, 0.5) is 8.78 Å². The van der Waals surface area contributed by atoms with Crippen molar-refractivity contribution in [1.29, 1.82) is 0 Å². The van der Waals surface area contributed by atoms with Gasteiger partial charge in [-0.2, -0.15) is 13.9 Å². The van der Waals surface area contributed by atoms with Crippen molar-refractivity contribution in [2.24, 2.45) is 0 Å². The number of alkyl halides is 2. The van der Waals surface area contributed by atoms with Crippen LogP contribution in [-0.2, 0) is 6.54 Å². The number of H-pyrrole nitrogens is 1. The molecule has 0 atom stereocenters. The number of aromatic nitrogens is 2. The Bertz CT molecular complexity index is 544. The number of nitrogens with zero attached hydrogens (tertiary/aromatic N) is 1. The topological polar surface area (TPSA) is 67.0 Å². The summed E-state index contributed by atoms with van der Waals surface area (Å²) < 4.78 is 28.8. The van der Waals surface area contributed by atoms with E-state index >= 15 is 0 Å². The number of benzene rings is 1. The molecule has 1 aromatic heterocycles. The fourth-order valence-electron chi connectivity index (χ4n) is 1.51. The van der Waals surface area contributed by atoms with Gasteiger partial charge in [-0.15, -0.1) is 0 Å². The lowest BCUT2D eigenvalue weighted by atomic mass is 10.2. The van der Waals surface area contributed by atoms with Crippen LogP contribution in [0.3, 0.4) is 0 Å². The molecule has 1 heterocycles. The monoisotopic (exact) mass is 267 g/mol. The van der Waals surface area contributed by atoms with E-state index in [-0.39, 0.29) is 18.2 Å². The fraction of sp³-hybridized carbons (Fsp3) is 0.167. The Morgan fingerprint density at radius 1 is 1.37 bits per heavy atom. The first-order valence-corrected chi connectivity index (χ1v) is 5.47. The molecular formula is C12H11F2N3O2. The van der Waals surface area contributed by atoms with Crippen molar-refractivity contribution < 1.29 is 18.3 Å². The molecule has 0 aliphatic rings. The molecule has 5 nitrogen and oxygen atoms in total. The molecule has 0 saturated carbocycles. The average molecular weight is 267 g/mol. The maximum Gasteiger partial charge on any atom is 0.387 e. The summed E-state index contributed by atoms with van der Waals surface area (Å²) in [6, 6.07) is 7.79. The molecule has 100 valence electrons. The summed E-state index contributed by atoms with van der Waals surface area (Å²) in [4.78, 5) is 11.6. The van der Waals surface area contributed by atoms with Crippen molar-refractivity contribution >= 4 is 5.91 Å². The smallest absolute Gasteiger partial charge is 0.387 e. The second-order valence-electron chi connectivity index (χ2n) is 3.64. The number of aromatic amines is 1. The summed E-state index contributed by atoms with van der Waals surface area (Å²) >= 11 is 0. The Hall–Kier alpha value is -2.44. The lowest BCUT2D eigenvalue weighted by molar-refractivity contribution is -0.0504. The van der Waals surface area contributed by atoms with Crippen molar-refractivity contribution in [3.8, 4) is 5.75 Å². The summed E-state index contributed by atoms with van der Waals surface area (Å²) in [7, 11) is 0. The first-order chi connectivity index (χ1) is 9.16. The van der Waals surface area contributed by atoms with Crippen molar-refractivity contribution in [1.82, 2.24) is 15.5 Å². The van der Waals surface area contributed by atoms with Gasteiger partial charge in [-0.1, -0.05) is 18.2 Å². The van der Waals surface area contributed by atoms with E-state index in [1.165, 1.54) is 18.3 Å². The third kappa shape index (κ3) is 3.51. The van der Waals surface area contributed by atoms with Crippen LogP contribution in [-0.4, -0.2) is 22.7 Å². The molecular weight excluding hydrogens is 256 g/mol. The number of hydrogen-bond donors (Lipinski definition) is 2. The van der Waals surface area contributed by atoms with Gasteiger partial charge < -0.3 is 10.1 Å². The molecule has 2 N–H and O–H groups in total. The number of halogens is 2. The number of carbonyl (C=O) groups excluding carboxylic acids is 1. The number of para-hydroxylation sites is 1. The molecule has 0 fully saturated rings. The van der Waals surface area contributed by atoms with E-state index in [1.54, 1.807) is 18.2 Å². The van der Waals surface area contributed by atoms with Crippen LogP contribution in [0.5, 0.6) is 5.75 Å². The Kier molecular flexibility index (Phi) is 4.07. The van der Waals surface area contributed by atoms with E-state index in [2.05, 4.69) is 20.3 Å². The SMILES string of the molecule is O=C(NCc1ccccc1OC(F)F)c1ccn[nH]1. The number of amides is 1. The van der Waals surface area contributed by atoms with Crippen molar-refractivity contribution in [2.75, 3.05) is 0 Å². The van der Waals surface area contributed by atoms with E-state index in [0.717, 1.165) is 0 Å². The maximum absolute atomic E-state index is 12.2. The van der Waals surface area contributed by atoms with Crippen molar-refractivity contribution in [2.45, 2.75) is 13.2 Å². The minimum Gasteiger partial charge on any atom is -0.434 e. The molecule has 19 heavy (non-hydrogen) atoms. The van der Waals surface area contributed by atoms with E-state index < -0.39 is 6.61 Å². The Morgan fingerprint density at radius 3 is 2.84 bits per heavy atom. The molecule has 0 unspecified atom stereocenters. The van der Waals surface area contributed by atoms with Crippen LogP contribution >= 0.6 is 0 Å². The average Bonchev–Trinajstić information content (AvgIpc) is 2.90. The predicted molar refractivity (Wildman–Crippen MR) is 62.8 cm³/mol. The highest BCUT2D eigenvalue weighted by molar-refractivity contribution is 5.92. The number of rotatable bonds is 5. The highest BCUT2D eigenvalue weighted by Gasteiger charge is 2.11. The van der Waals surface area contributed by atoms with Gasteiger partial charge in [0.05, 0.1) is 0 Å². The standard InChI is InChI=1S/C12H11F2N3O2/c13-12(14)19-10-4-2-1-3-8(10)7-15-11(18)9-5-6-16-17-9/h1-6,12H,7H2,(H,15,18)(H,16,17). The summed E-state index contributed by atoms with van der Waals surface area (Å²) in [5.41, 5.74) is 0.767. The van der Waals surface area contributed by atoms with Crippen LogP contribution in [0.1, 0.15) is 16.1 Å². The van der Waals surface area contributed by atoms with Gasteiger partial charge in [0.2, 0.25) is 0 Å². The van der Waals surface area contributed by atoms with E-state index in [9.17, 15) is 13.6 Å². The highest BCUT2D eigenvalue weighted by atomic mass is 19.3. The highest BCUT2D eigenvalue weighted by Crippen LogP contribution is 2.19. The molecule has 0 saturated heterocycles. The Labute approximate surface area is 107 Å². The zero-order valence-electron chi connectivity index (χ0n) is 9.77. The molecule has 2 aromatic rings. The maximum atomic E-state index is 12.2. The molecule has 0 spiro atoms. The zero-order valence-corrected chi connectivity index (χ0v) is 9.77. The first-order valence-electron chi connectivity index (χ1n) is 5.47. The van der Waals surface area contributed by atoms with Gasteiger partial charge in [0.1, 0.15) is 11.4 Å². The molecule has 7 heteroatoms. The fourth-order valence-corrected chi connectivity index (χ4v) is 1.51. The second kappa shape index (κ2) is 5.94. The third-order valence-corrected chi connectivity index (χ3v) is 2.37. The second-order valence-corrected chi connectivity index (χ2v) is 3.64. The van der Waals surface area contributed by atoms with E-state index in [0.29, 0.717) is 11.3 Å². The quantitative estimate of drug-likeness (QED) is 0.870. The van der Waals surface area contributed by atoms with Crippen LogP contribution in [0.15, 0.2) is 36.5 Å². The number of nitrogens with one attached hydrogen (secondary N) is 2. The van der Waals surface area contributed by atoms with Gasteiger partial charge in [0, 0.05) is 18.3 Å². The van der Waals surface area contributed by atoms with Crippen molar-refractivity contribution in [3.05, 3.63) is 47.8 Å². The van der Waals surface area contributed by atoms with Gasteiger partial charge in [0.25, 0.3) is 5.91 Å². The van der Waals surface area contributed by atoms with Gasteiger partial charge >= 0.3 is 6.61 Å². The third-order valence-electron chi connectivity index (χ3n) is 2.37. The molecule has 0 radical (unpaired) electrons. The van der Waals surface area contributed by atoms with Crippen LogP contribution in [0, 0.1) is 0 Å². The molecule has 0 aliphatic carbocycles. The first kappa shape index (κ1) is 13.0.